The number of aromatic amines is 1. The molecule has 0 unspecified atom stereocenters. The molecule has 7 heteroatoms. The van der Waals surface area contributed by atoms with Crippen LogP contribution in [0.15, 0.2) is 89.9 Å². The highest BCUT2D eigenvalue weighted by Gasteiger charge is 2.26. The van der Waals surface area contributed by atoms with E-state index in [0.717, 1.165) is 31.7 Å². The van der Waals surface area contributed by atoms with Gasteiger partial charge in [0.15, 0.2) is 0 Å². The minimum atomic E-state index is -1.02. The van der Waals surface area contributed by atoms with E-state index in [1.165, 1.54) is 11.1 Å². The van der Waals surface area contributed by atoms with Crippen molar-refractivity contribution < 1.29 is 9.90 Å². The molecule has 1 aliphatic heterocycles. The average molecular weight is 479 g/mol. The highest BCUT2D eigenvalue weighted by molar-refractivity contribution is 6.04. The molecule has 0 amide bonds. The van der Waals surface area contributed by atoms with Crippen LogP contribution in [0.4, 0.5) is 5.69 Å². The highest BCUT2D eigenvalue weighted by Crippen LogP contribution is 2.28. The van der Waals surface area contributed by atoms with Crippen molar-refractivity contribution in [1.82, 2.24) is 14.5 Å². The van der Waals surface area contributed by atoms with E-state index in [9.17, 15) is 14.7 Å². The Kier molecular flexibility index (Phi) is 5.54. The number of pyridine rings is 1. The Hall–Kier alpha value is -4.36. The van der Waals surface area contributed by atoms with Gasteiger partial charge in [-0.15, -0.1) is 0 Å². The number of benzene rings is 3. The minimum Gasteiger partial charge on any atom is -0.478 e. The van der Waals surface area contributed by atoms with Crippen LogP contribution in [0.25, 0.3) is 27.4 Å². The monoisotopic (exact) mass is 478 g/mol. The Morgan fingerprint density at radius 1 is 0.806 bits per heavy atom. The summed E-state index contributed by atoms with van der Waals surface area (Å²) < 4.78 is 1.58. The summed E-state index contributed by atoms with van der Waals surface area (Å²) in [5.41, 5.74) is 3.49. The van der Waals surface area contributed by atoms with Gasteiger partial charge in [-0.05, 0) is 36.4 Å². The van der Waals surface area contributed by atoms with Crippen molar-refractivity contribution in [2.24, 2.45) is 0 Å². The third kappa shape index (κ3) is 3.74. The number of piperazine rings is 1. The fourth-order valence-electron chi connectivity index (χ4n) is 5.34. The Morgan fingerprint density at radius 3 is 2.28 bits per heavy atom. The van der Waals surface area contributed by atoms with Crippen molar-refractivity contribution in [3.05, 3.63) is 107 Å². The summed E-state index contributed by atoms with van der Waals surface area (Å²) in [4.78, 5) is 34.1. The van der Waals surface area contributed by atoms with E-state index in [2.05, 4.69) is 39.0 Å². The third-order valence-electron chi connectivity index (χ3n) is 7.07. The summed E-state index contributed by atoms with van der Waals surface area (Å²) in [6, 6.07) is 24.7. The van der Waals surface area contributed by atoms with E-state index < -0.39 is 5.97 Å². The summed E-state index contributed by atoms with van der Waals surface area (Å²) >= 11 is 0. The smallest absolute Gasteiger partial charge is 0.338 e. The van der Waals surface area contributed by atoms with Gasteiger partial charge in [0, 0.05) is 72.0 Å². The molecular formula is C29H26N4O3. The first-order chi connectivity index (χ1) is 17.6. The third-order valence-corrected chi connectivity index (χ3v) is 7.07. The molecule has 3 aromatic carbocycles. The SMILES string of the molecule is O=C(O)c1c(CN2CCN(c3cccc4[nH]ccc34)CC2)n(-c2ccccc2)c(=O)c2ccccc12. The molecule has 0 aliphatic carbocycles. The van der Waals surface area contributed by atoms with Crippen LogP contribution < -0.4 is 10.5 Å². The number of rotatable bonds is 5. The maximum Gasteiger partial charge on any atom is 0.338 e. The zero-order valence-electron chi connectivity index (χ0n) is 19.7. The van der Waals surface area contributed by atoms with Gasteiger partial charge in [0.1, 0.15) is 0 Å². The topological polar surface area (TPSA) is 81.6 Å². The number of para-hydroxylation sites is 1. The highest BCUT2D eigenvalue weighted by atomic mass is 16.4. The first kappa shape index (κ1) is 22.1. The molecule has 5 aromatic rings. The van der Waals surface area contributed by atoms with Crippen LogP contribution in [0.5, 0.6) is 0 Å². The van der Waals surface area contributed by atoms with Crippen LogP contribution in [0.1, 0.15) is 16.1 Å². The van der Waals surface area contributed by atoms with Crippen molar-refractivity contribution >= 4 is 33.3 Å². The first-order valence-corrected chi connectivity index (χ1v) is 12.1. The Labute approximate surface area is 207 Å². The average Bonchev–Trinajstić information content (AvgIpc) is 3.39. The molecular weight excluding hydrogens is 452 g/mol. The second kappa shape index (κ2) is 9.02. The maximum atomic E-state index is 13.6. The number of carbonyl (C=O) groups is 1. The van der Waals surface area contributed by atoms with Crippen LogP contribution in [-0.4, -0.2) is 51.7 Å². The number of hydrogen-bond acceptors (Lipinski definition) is 4. The van der Waals surface area contributed by atoms with E-state index >= 15 is 0 Å². The molecule has 0 spiro atoms. The van der Waals surface area contributed by atoms with Crippen molar-refractivity contribution in [2.45, 2.75) is 6.54 Å². The van der Waals surface area contributed by atoms with E-state index in [0.29, 0.717) is 28.7 Å². The standard InChI is InChI=1S/C29H26N4O3/c34-28-22-10-5-4-9-21(22)27(29(35)36)26(33(28)20-7-2-1-3-8-20)19-31-15-17-32(18-16-31)25-12-6-11-24-23(25)13-14-30-24/h1-14,30H,15-19H2,(H,35,36). The molecule has 2 N–H and O–H groups in total. The largest absolute Gasteiger partial charge is 0.478 e. The van der Waals surface area contributed by atoms with Crippen LogP contribution >= 0.6 is 0 Å². The molecule has 6 rings (SSSR count). The molecule has 0 atom stereocenters. The molecule has 1 fully saturated rings. The summed E-state index contributed by atoms with van der Waals surface area (Å²) in [5.74, 6) is -1.02. The molecule has 2 aromatic heterocycles. The Balaban J connectivity index is 1.38. The summed E-state index contributed by atoms with van der Waals surface area (Å²) in [5, 5.41) is 12.4. The number of nitrogens with one attached hydrogen (secondary N) is 1. The van der Waals surface area contributed by atoms with Gasteiger partial charge in [-0.25, -0.2) is 4.79 Å². The molecule has 3 heterocycles. The van der Waals surface area contributed by atoms with Crippen molar-refractivity contribution in [2.75, 3.05) is 31.1 Å². The van der Waals surface area contributed by atoms with Crippen LogP contribution in [0, 0.1) is 0 Å². The van der Waals surface area contributed by atoms with Gasteiger partial charge in [0.25, 0.3) is 5.56 Å². The maximum absolute atomic E-state index is 13.6. The summed E-state index contributed by atoms with van der Waals surface area (Å²) in [6.45, 7) is 3.52. The van der Waals surface area contributed by atoms with Crippen LogP contribution in [0.3, 0.4) is 0 Å². The van der Waals surface area contributed by atoms with E-state index in [-0.39, 0.29) is 11.1 Å². The van der Waals surface area contributed by atoms with Gasteiger partial charge in [0.05, 0.1) is 11.3 Å². The quantitative estimate of drug-likeness (QED) is 0.389. The lowest BCUT2D eigenvalue weighted by atomic mass is 10.0. The van der Waals surface area contributed by atoms with Gasteiger partial charge >= 0.3 is 5.97 Å². The lowest BCUT2D eigenvalue weighted by Crippen LogP contribution is -2.46. The Morgan fingerprint density at radius 2 is 1.53 bits per heavy atom. The molecule has 0 radical (unpaired) electrons. The molecule has 0 saturated carbocycles. The second-order valence-electron chi connectivity index (χ2n) is 9.13. The molecule has 7 nitrogen and oxygen atoms in total. The van der Waals surface area contributed by atoms with Gasteiger partial charge in [0.2, 0.25) is 0 Å². The molecule has 180 valence electrons. The Bertz CT molecular complexity index is 1630. The lowest BCUT2D eigenvalue weighted by Gasteiger charge is -2.37. The number of aromatic nitrogens is 2. The number of carboxylic acids is 1. The molecule has 1 aliphatic rings. The van der Waals surface area contributed by atoms with Crippen LogP contribution in [0.2, 0.25) is 0 Å². The zero-order chi connectivity index (χ0) is 24.6. The van der Waals surface area contributed by atoms with Crippen molar-refractivity contribution in [3.63, 3.8) is 0 Å². The van der Waals surface area contributed by atoms with Gasteiger partial charge in [-0.2, -0.15) is 0 Å². The van der Waals surface area contributed by atoms with Gasteiger partial charge < -0.3 is 15.0 Å². The molecule has 0 bridgehead atoms. The number of carboxylic acid groups (broad SMARTS) is 1. The minimum absolute atomic E-state index is 0.188. The predicted octanol–water partition coefficient (Wildman–Crippen LogP) is 4.49. The first-order valence-electron chi connectivity index (χ1n) is 12.1. The molecule has 36 heavy (non-hydrogen) atoms. The number of hydrogen-bond donors (Lipinski definition) is 2. The fraction of sp³-hybridized carbons (Fsp3) is 0.172. The van der Waals surface area contributed by atoms with Crippen LogP contribution in [-0.2, 0) is 6.54 Å². The van der Waals surface area contributed by atoms with E-state index in [1.54, 1.807) is 28.8 Å². The second-order valence-corrected chi connectivity index (χ2v) is 9.13. The van der Waals surface area contributed by atoms with E-state index in [4.69, 9.17) is 0 Å². The summed E-state index contributed by atoms with van der Waals surface area (Å²) in [6.07, 6.45) is 1.96. The number of fused-ring (bicyclic) bond motifs is 2. The van der Waals surface area contributed by atoms with Gasteiger partial charge in [-0.3, -0.25) is 14.3 Å². The molecule has 1 saturated heterocycles. The number of aromatic carboxylic acids is 1. The predicted molar refractivity (Wildman–Crippen MR) is 142 cm³/mol. The summed E-state index contributed by atoms with van der Waals surface area (Å²) in [7, 11) is 0. The lowest BCUT2D eigenvalue weighted by molar-refractivity contribution is 0.0695. The van der Waals surface area contributed by atoms with E-state index in [1.807, 2.05) is 36.5 Å². The number of anilines is 1. The normalized spacial score (nSPS) is 14.5. The van der Waals surface area contributed by atoms with Crippen molar-refractivity contribution in [3.8, 4) is 5.69 Å². The number of H-pyrrole nitrogens is 1. The zero-order valence-corrected chi connectivity index (χ0v) is 19.7. The van der Waals surface area contributed by atoms with Gasteiger partial charge in [-0.1, -0.05) is 42.5 Å². The number of nitrogens with zero attached hydrogens (tertiary/aromatic N) is 3. The van der Waals surface area contributed by atoms with Crippen molar-refractivity contribution in [1.29, 1.82) is 0 Å². The fourth-order valence-corrected chi connectivity index (χ4v) is 5.34.